The second-order valence-corrected chi connectivity index (χ2v) is 11.1. The monoisotopic (exact) mass is 496 g/mol. The molecule has 1 fully saturated rings. The molecule has 35 heavy (non-hydrogen) atoms. The van der Waals surface area contributed by atoms with Crippen molar-refractivity contribution in [2.75, 3.05) is 18.6 Å². The van der Waals surface area contributed by atoms with Gasteiger partial charge in [-0.3, -0.25) is 4.79 Å². The molecule has 3 heterocycles. The number of anilines is 1. The Morgan fingerprint density at radius 1 is 1.11 bits per heavy atom. The third kappa shape index (κ3) is 4.79. The van der Waals surface area contributed by atoms with Gasteiger partial charge in [0.25, 0.3) is 5.91 Å². The molecule has 184 valence electrons. The summed E-state index contributed by atoms with van der Waals surface area (Å²) < 4.78 is 38.2. The molecule has 0 saturated carbocycles. The van der Waals surface area contributed by atoms with Crippen LogP contribution in [0.2, 0.25) is 0 Å². The second kappa shape index (κ2) is 9.18. The topological polar surface area (TPSA) is 125 Å². The molecule has 1 unspecified atom stereocenters. The molecular formula is C25H28N4O5S. The second-order valence-electron chi connectivity index (χ2n) is 9.20. The van der Waals surface area contributed by atoms with Gasteiger partial charge in [0.1, 0.15) is 22.9 Å². The molecule has 0 bridgehead atoms. The molecule has 3 aromatic rings. The van der Waals surface area contributed by atoms with Gasteiger partial charge in [-0.2, -0.15) is 0 Å². The van der Waals surface area contributed by atoms with Gasteiger partial charge in [-0.15, -0.1) is 0 Å². The summed E-state index contributed by atoms with van der Waals surface area (Å²) in [6, 6.07) is 12.5. The lowest BCUT2D eigenvalue weighted by Crippen LogP contribution is -2.40. The molecule has 0 aliphatic carbocycles. The van der Waals surface area contributed by atoms with Crippen molar-refractivity contribution in [3.63, 3.8) is 0 Å². The first-order valence-corrected chi connectivity index (χ1v) is 12.6. The molecule has 1 aromatic carbocycles. The van der Waals surface area contributed by atoms with Crippen molar-refractivity contribution >= 4 is 21.6 Å². The van der Waals surface area contributed by atoms with Crippen LogP contribution in [0.25, 0.3) is 0 Å². The Hall–Kier alpha value is -3.66. The molecule has 1 atom stereocenters. The number of carbonyl (C=O) groups excluding carboxylic acids is 1. The third-order valence-corrected chi connectivity index (χ3v) is 7.71. The summed E-state index contributed by atoms with van der Waals surface area (Å²) >= 11 is 0. The first-order valence-electron chi connectivity index (χ1n) is 11.1. The largest absolute Gasteiger partial charge is 0.497 e. The van der Waals surface area contributed by atoms with Crippen molar-refractivity contribution < 1.29 is 22.7 Å². The van der Waals surface area contributed by atoms with E-state index >= 15 is 0 Å². The van der Waals surface area contributed by atoms with E-state index in [-0.39, 0.29) is 32.7 Å². The normalized spacial score (nSPS) is 17.3. The van der Waals surface area contributed by atoms with Crippen LogP contribution in [0.15, 0.2) is 64.6 Å². The number of nitrogens with two attached hydrogens (primary N) is 1. The average Bonchev–Trinajstić information content (AvgIpc) is 3.10. The summed E-state index contributed by atoms with van der Waals surface area (Å²) in [7, 11) is -2.66. The van der Waals surface area contributed by atoms with Crippen LogP contribution < -0.4 is 20.1 Å². The number of methoxy groups -OCH3 is 1. The highest BCUT2D eigenvalue weighted by Gasteiger charge is 2.40. The number of aromatic nitrogens is 2. The van der Waals surface area contributed by atoms with E-state index in [2.05, 4.69) is 16.9 Å². The quantitative estimate of drug-likeness (QED) is 0.523. The summed E-state index contributed by atoms with van der Waals surface area (Å²) in [6.45, 7) is 6.80. The molecule has 1 amide bonds. The van der Waals surface area contributed by atoms with E-state index in [0.29, 0.717) is 24.0 Å². The van der Waals surface area contributed by atoms with Crippen LogP contribution in [0.4, 0.5) is 5.82 Å². The Kier molecular flexibility index (Phi) is 6.42. The average molecular weight is 497 g/mol. The van der Waals surface area contributed by atoms with Gasteiger partial charge in [0.15, 0.2) is 5.03 Å². The third-order valence-electron chi connectivity index (χ3n) is 6.01. The smallest absolute Gasteiger partial charge is 0.253 e. The van der Waals surface area contributed by atoms with Gasteiger partial charge >= 0.3 is 0 Å². The molecule has 10 heteroatoms. The Balaban J connectivity index is 1.75. The van der Waals surface area contributed by atoms with Gasteiger partial charge in [0.2, 0.25) is 15.7 Å². The van der Waals surface area contributed by atoms with Gasteiger partial charge in [-0.05, 0) is 62.6 Å². The van der Waals surface area contributed by atoms with Crippen LogP contribution in [-0.4, -0.2) is 43.5 Å². The SMILES string of the molecule is COc1ccc(Oc2cccc(S(=O)(=O)c3ccnc(N4CC(C)CC4(C)C)c3C(N)=O)n2)cc1. The molecule has 4 rings (SSSR count). The summed E-state index contributed by atoms with van der Waals surface area (Å²) in [4.78, 5) is 22.9. The van der Waals surface area contributed by atoms with Crippen molar-refractivity contribution in [2.24, 2.45) is 11.7 Å². The molecule has 0 radical (unpaired) electrons. The van der Waals surface area contributed by atoms with E-state index in [9.17, 15) is 13.2 Å². The lowest BCUT2D eigenvalue weighted by molar-refractivity contribution is 0.0997. The number of hydrogen-bond acceptors (Lipinski definition) is 8. The van der Waals surface area contributed by atoms with Crippen LogP contribution in [0, 0.1) is 5.92 Å². The summed E-state index contributed by atoms with van der Waals surface area (Å²) in [6.07, 6.45) is 2.25. The number of hydrogen-bond donors (Lipinski definition) is 1. The minimum atomic E-state index is -4.22. The van der Waals surface area contributed by atoms with Crippen molar-refractivity contribution in [3.8, 4) is 17.4 Å². The van der Waals surface area contributed by atoms with E-state index in [1.807, 2.05) is 18.7 Å². The van der Waals surface area contributed by atoms with Gasteiger partial charge in [0.05, 0.1) is 12.0 Å². The van der Waals surface area contributed by atoms with Crippen LogP contribution in [-0.2, 0) is 9.84 Å². The number of rotatable bonds is 7. The zero-order chi connectivity index (χ0) is 25.4. The van der Waals surface area contributed by atoms with E-state index in [1.165, 1.54) is 24.4 Å². The Bertz CT molecular complexity index is 1360. The standard InChI is InChI=1S/C25H28N4O5S/c1-16-14-25(2,3)29(15-16)24-22(23(26)30)19(12-13-27-24)35(31,32)21-7-5-6-20(28-21)34-18-10-8-17(33-4)9-11-18/h5-13,16H,14-15H2,1-4H3,(H2,26,30). The molecule has 9 nitrogen and oxygen atoms in total. The zero-order valence-corrected chi connectivity index (χ0v) is 20.9. The number of benzene rings is 1. The van der Waals surface area contributed by atoms with E-state index < -0.39 is 15.7 Å². The highest BCUT2D eigenvalue weighted by molar-refractivity contribution is 7.91. The van der Waals surface area contributed by atoms with E-state index in [0.717, 1.165) is 6.42 Å². The molecule has 1 saturated heterocycles. The Labute approximate surface area is 204 Å². The van der Waals surface area contributed by atoms with Gasteiger partial charge in [-0.1, -0.05) is 13.0 Å². The van der Waals surface area contributed by atoms with Crippen LogP contribution in [0.5, 0.6) is 17.4 Å². The van der Waals surface area contributed by atoms with Gasteiger partial charge in [0, 0.05) is 24.3 Å². The lowest BCUT2D eigenvalue weighted by Gasteiger charge is -2.33. The van der Waals surface area contributed by atoms with Gasteiger partial charge in [-0.25, -0.2) is 18.4 Å². The minimum Gasteiger partial charge on any atom is -0.497 e. The summed E-state index contributed by atoms with van der Waals surface area (Å²) in [5.74, 6) is 0.944. The number of primary amides is 1. The molecule has 2 aromatic heterocycles. The fraction of sp³-hybridized carbons (Fsp3) is 0.320. The zero-order valence-electron chi connectivity index (χ0n) is 20.1. The Morgan fingerprint density at radius 3 is 2.40 bits per heavy atom. The highest BCUT2D eigenvalue weighted by atomic mass is 32.2. The van der Waals surface area contributed by atoms with E-state index in [4.69, 9.17) is 15.2 Å². The molecule has 2 N–H and O–H groups in total. The number of nitrogens with zero attached hydrogens (tertiary/aromatic N) is 3. The molecule has 1 aliphatic heterocycles. The van der Waals surface area contributed by atoms with Crippen molar-refractivity contribution in [1.29, 1.82) is 0 Å². The fourth-order valence-corrected chi connectivity index (χ4v) is 5.93. The number of sulfone groups is 1. The summed E-state index contributed by atoms with van der Waals surface area (Å²) in [5.41, 5.74) is 5.25. The van der Waals surface area contributed by atoms with Crippen LogP contribution >= 0.6 is 0 Å². The minimum absolute atomic E-state index is 0.0839. The fourth-order valence-electron chi connectivity index (χ4n) is 4.53. The van der Waals surface area contributed by atoms with E-state index in [1.54, 1.807) is 37.4 Å². The predicted octanol–water partition coefficient (Wildman–Crippen LogP) is 3.83. The van der Waals surface area contributed by atoms with Crippen LogP contribution in [0.1, 0.15) is 37.6 Å². The van der Waals surface area contributed by atoms with Crippen molar-refractivity contribution in [1.82, 2.24) is 9.97 Å². The maximum Gasteiger partial charge on any atom is 0.253 e. The molecule has 0 spiro atoms. The number of carbonyl (C=O) groups is 1. The maximum atomic E-state index is 13.7. The highest BCUT2D eigenvalue weighted by Crippen LogP contribution is 2.39. The Morgan fingerprint density at radius 2 is 1.80 bits per heavy atom. The predicted molar refractivity (Wildman–Crippen MR) is 131 cm³/mol. The number of ether oxygens (including phenoxy) is 2. The first kappa shape index (κ1) is 24.5. The maximum absolute atomic E-state index is 13.7. The lowest BCUT2D eigenvalue weighted by atomic mass is 9.97. The van der Waals surface area contributed by atoms with Crippen molar-refractivity contribution in [2.45, 2.75) is 42.7 Å². The molecule has 1 aliphatic rings. The molecular weight excluding hydrogens is 468 g/mol. The summed E-state index contributed by atoms with van der Waals surface area (Å²) in [5, 5.41) is -0.266. The number of amides is 1. The van der Waals surface area contributed by atoms with Crippen LogP contribution in [0.3, 0.4) is 0 Å². The van der Waals surface area contributed by atoms with Crippen molar-refractivity contribution in [3.05, 3.63) is 60.3 Å². The van der Waals surface area contributed by atoms with Gasteiger partial charge < -0.3 is 20.1 Å². The number of pyridine rings is 2. The first-order chi connectivity index (χ1) is 16.5.